The Kier molecular flexibility index (Phi) is 13.1. The fourth-order valence-corrected chi connectivity index (χ4v) is 3.97. The minimum atomic E-state index is -0.857. The second-order valence-electron chi connectivity index (χ2n) is 10.7. The number of unbranched alkanes of at least 4 members (excludes halogenated alkanes) is 1. The predicted molar refractivity (Wildman–Crippen MR) is 156 cm³/mol. The lowest BCUT2D eigenvalue weighted by Gasteiger charge is -2.23. The van der Waals surface area contributed by atoms with Crippen LogP contribution in [0, 0.1) is 0 Å². The van der Waals surface area contributed by atoms with E-state index in [0.717, 1.165) is 17.5 Å². The fourth-order valence-electron chi connectivity index (χ4n) is 3.97. The summed E-state index contributed by atoms with van der Waals surface area (Å²) in [5.74, 6) is -1.17. The van der Waals surface area contributed by atoms with Crippen molar-refractivity contribution in [2.24, 2.45) is 5.73 Å². The normalized spacial score (nSPS) is 12.5. The van der Waals surface area contributed by atoms with Crippen molar-refractivity contribution < 1.29 is 23.9 Å². The fraction of sp³-hybridized carbons (Fsp3) is 0.467. The van der Waals surface area contributed by atoms with Crippen molar-refractivity contribution in [2.75, 3.05) is 18.4 Å². The van der Waals surface area contributed by atoms with E-state index in [1.807, 2.05) is 42.5 Å². The molecule has 4 amide bonds. The number of anilines is 1. The molecule has 2 aromatic rings. The van der Waals surface area contributed by atoms with E-state index >= 15 is 0 Å². The maximum Gasteiger partial charge on any atom is 0.407 e. The van der Waals surface area contributed by atoms with Crippen LogP contribution in [0.25, 0.3) is 0 Å². The number of benzene rings is 2. The lowest BCUT2D eigenvalue weighted by atomic mass is 10.0. The van der Waals surface area contributed by atoms with Gasteiger partial charge in [0.05, 0.1) is 0 Å². The summed E-state index contributed by atoms with van der Waals surface area (Å²) < 4.78 is 5.24. The molecule has 0 fully saturated rings. The molecular formula is C30H43N5O5. The number of nitrogens with one attached hydrogen (secondary N) is 4. The Morgan fingerprint density at radius 2 is 1.52 bits per heavy atom. The van der Waals surface area contributed by atoms with Crippen LogP contribution in [0.3, 0.4) is 0 Å². The molecule has 2 atom stereocenters. The van der Waals surface area contributed by atoms with Crippen LogP contribution in [-0.2, 0) is 32.0 Å². The van der Waals surface area contributed by atoms with Gasteiger partial charge in [-0.3, -0.25) is 14.4 Å². The van der Waals surface area contributed by atoms with Gasteiger partial charge >= 0.3 is 6.09 Å². The number of nitrogens with two attached hydrogens (primary N) is 1. The maximum atomic E-state index is 13.3. The molecule has 2 aromatic carbocycles. The summed E-state index contributed by atoms with van der Waals surface area (Å²) in [6.45, 7) is 7.60. The Bertz CT molecular complexity index is 1100. The molecule has 6 N–H and O–H groups in total. The number of hydrogen-bond donors (Lipinski definition) is 5. The average Bonchev–Trinajstić information content (AvgIpc) is 2.88. The van der Waals surface area contributed by atoms with E-state index < -0.39 is 29.7 Å². The van der Waals surface area contributed by atoms with Gasteiger partial charge in [-0.2, -0.15) is 0 Å². The highest BCUT2D eigenvalue weighted by Gasteiger charge is 2.26. The van der Waals surface area contributed by atoms with E-state index in [1.165, 1.54) is 6.92 Å². The molecule has 0 saturated heterocycles. The molecule has 10 heteroatoms. The first-order chi connectivity index (χ1) is 19.0. The lowest BCUT2D eigenvalue weighted by molar-refractivity contribution is -0.130. The number of alkyl carbamates (subject to hydrolysis) is 1. The summed E-state index contributed by atoms with van der Waals surface area (Å²) in [7, 11) is 0. The van der Waals surface area contributed by atoms with Crippen molar-refractivity contribution >= 4 is 29.5 Å². The first-order valence-electron chi connectivity index (χ1n) is 13.6. The monoisotopic (exact) mass is 553 g/mol. The Labute approximate surface area is 236 Å². The molecule has 0 radical (unpaired) electrons. The number of hydrogen-bond acceptors (Lipinski definition) is 6. The number of carbonyl (C=O) groups is 4. The van der Waals surface area contributed by atoms with Crippen LogP contribution in [0.1, 0.15) is 58.1 Å². The van der Waals surface area contributed by atoms with Gasteiger partial charge in [0.1, 0.15) is 17.7 Å². The number of amides is 4. The Balaban J connectivity index is 2.07. The van der Waals surface area contributed by atoms with Gasteiger partial charge in [-0.25, -0.2) is 4.79 Å². The van der Waals surface area contributed by atoms with Gasteiger partial charge in [0.15, 0.2) is 0 Å². The smallest absolute Gasteiger partial charge is 0.407 e. The van der Waals surface area contributed by atoms with Crippen LogP contribution < -0.4 is 27.0 Å². The van der Waals surface area contributed by atoms with E-state index in [4.69, 9.17) is 10.5 Å². The highest BCUT2D eigenvalue weighted by Crippen LogP contribution is 2.13. The summed E-state index contributed by atoms with van der Waals surface area (Å²) in [6.07, 6.45) is 1.96. The molecule has 0 heterocycles. The topological polar surface area (TPSA) is 152 Å². The Morgan fingerprint density at radius 1 is 0.850 bits per heavy atom. The number of carbonyl (C=O) groups excluding carboxylic acids is 4. The molecule has 0 bridgehead atoms. The molecule has 40 heavy (non-hydrogen) atoms. The second kappa shape index (κ2) is 16.2. The zero-order valence-corrected chi connectivity index (χ0v) is 23.9. The van der Waals surface area contributed by atoms with Crippen LogP contribution in [0.5, 0.6) is 0 Å². The minimum Gasteiger partial charge on any atom is -0.444 e. The standard InChI is InChI=1S/C30H43N5O5/c1-21(36)33-26(20-23-10-6-5-7-11-23)28(38)35-25(12-8-9-19-32-29(39)40-30(2,3)4)27(37)34-24-15-13-22(14-16-24)17-18-31/h5-7,10-11,13-16,25-26H,8-9,12,17-20,31H2,1-4H3,(H,32,39)(H,33,36)(H,34,37)(H,35,38). The van der Waals surface area contributed by atoms with Gasteiger partial charge in [0.2, 0.25) is 17.7 Å². The van der Waals surface area contributed by atoms with Crippen LogP contribution in [0.4, 0.5) is 10.5 Å². The summed E-state index contributed by atoms with van der Waals surface area (Å²) in [6, 6.07) is 15.0. The first kappa shape index (κ1) is 32.3. The number of rotatable bonds is 14. The van der Waals surface area contributed by atoms with Crippen LogP contribution in [-0.4, -0.2) is 54.6 Å². The summed E-state index contributed by atoms with van der Waals surface area (Å²) in [5.41, 5.74) is 7.55. The van der Waals surface area contributed by atoms with Crippen molar-refractivity contribution in [1.82, 2.24) is 16.0 Å². The summed E-state index contributed by atoms with van der Waals surface area (Å²) in [5, 5.41) is 11.1. The molecule has 0 saturated carbocycles. The zero-order chi connectivity index (χ0) is 29.5. The van der Waals surface area contributed by atoms with Crippen LogP contribution >= 0.6 is 0 Å². The largest absolute Gasteiger partial charge is 0.444 e. The van der Waals surface area contributed by atoms with E-state index in [-0.39, 0.29) is 18.2 Å². The maximum absolute atomic E-state index is 13.3. The first-order valence-corrected chi connectivity index (χ1v) is 13.6. The minimum absolute atomic E-state index is 0.281. The predicted octanol–water partition coefficient (Wildman–Crippen LogP) is 3.05. The SMILES string of the molecule is CC(=O)NC(Cc1ccccc1)C(=O)NC(CCCCNC(=O)OC(C)(C)C)C(=O)Nc1ccc(CCN)cc1. The summed E-state index contributed by atoms with van der Waals surface area (Å²) >= 11 is 0. The second-order valence-corrected chi connectivity index (χ2v) is 10.7. The third-order valence-corrected chi connectivity index (χ3v) is 5.85. The van der Waals surface area contributed by atoms with Gasteiger partial charge in [-0.05, 0) is 76.3 Å². The molecule has 0 aromatic heterocycles. The van der Waals surface area contributed by atoms with Crippen molar-refractivity contribution in [2.45, 2.75) is 77.5 Å². The van der Waals surface area contributed by atoms with Crippen LogP contribution in [0.15, 0.2) is 54.6 Å². The zero-order valence-electron chi connectivity index (χ0n) is 23.9. The van der Waals surface area contributed by atoms with Crippen LogP contribution in [0.2, 0.25) is 0 Å². The third-order valence-electron chi connectivity index (χ3n) is 5.85. The van der Waals surface area contributed by atoms with Crippen molar-refractivity contribution in [3.8, 4) is 0 Å². The highest BCUT2D eigenvalue weighted by molar-refractivity contribution is 5.98. The van der Waals surface area contributed by atoms with Crippen molar-refractivity contribution in [1.29, 1.82) is 0 Å². The van der Waals surface area contributed by atoms with E-state index in [9.17, 15) is 19.2 Å². The Hall–Kier alpha value is -3.92. The van der Waals surface area contributed by atoms with Gasteiger partial charge in [0, 0.05) is 25.6 Å². The van der Waals surface area contributed by atoms with E-state index in [1.54, 1.807) is 32.9 Å². The van der Waals surface area contributed by atoms with Gasteiger partial charge in [-0.15, -0.1) is 0 Å². The molecule has 2 rings (SSSR count). The average molecular weight is 554 g/mol. The van der Waals surface area contributed by atoms with Crippen molar-refractivity contribution in [3.63, 3.8) is 0 Å². The highest BCUT2D eigenvalue weighted by atomic mass is 16.6. The van der Waals surface area contributed by atoms with E-state index in [2.05, 4.69) is 21.3 Å². The van der Waals surface area contributed by atoms with Crippen molar-refractivity contribution in [3.05, 3.63) is 65.7 Å². The quantitative estimate of drug-likeness (QED) is 0.227. The lowest BCUT2D eigenvalue weighted by Crippen LogP contribution is -2.53. The summed E-state index contributed by atoms with van der Waals surface area (Å²) in [4.78, 5) is 50.3. The third kappa shape index (κ3) is 12.8. The molecule has 0 aliphatic heterocycles. The number of ether oxygens (including phenoxy) is 1. The van der Waals surface area contributed by atoms with Gasteiger partial charge < -0.3 is 31.7 Å². The molecule has 0 aliphatic rings. The molecule has 0 spiro atoms. The Morgan fingerprint density at radius 3 is 2.12 bits per heavy atom. The molecule has 2 unspecified atom stereocenters. The molecule has 0 aliphatic carbocycles. The van der Waals surface area contributed by atoms with E-state index in [0.29, 0.717) is 38.0 Å². The van der Waals surface area contributed by atoms with Gasteiger partial charge in [0.25, 0.3) is 0 Å². The van der Waals surface area contributed by atoms with Gasteiger partial charge in [-0.1, -0.05) is 42.5 Å². The molecule has 218 valence electrons. The molecular weight excluding hydrogens is 510 g/mol. The molecule has 10 nitrogen and oxygen atoms in total.